The van der Waals surface area contributed by atoms with Gasteiger partial charge >= 0.3 is 0 Å². The van der Waals surface area contributed by atoms with Gasteiger partial charge in [0.25, 0.3) is 0 Å². The first-order valence-corrected chi connectivity index (χ1v) is 7.24. The van der Waals surface area contributed by atoms with Crippen LogP contribution in [0.5, 0.6) is 0 Å². The number of hydrogen-bond acceptors (Lipinski definition) is 3. The van der Waals surface area contributed by atoms with E-state index in [-0.39, 0.29) is 5.75 Å². The topological polar surface area (TPSA) is 49.4 Å². The van der Waals surface area contributed by atoms with E-state index >= 15 is 0 Å². The zero-order valence-electron chi connectivity index (χ0n) is 9.86. The van der Waals surface area contributed by atoms with Crippen LogP contribution in [-0.2, 0) is 10.0 Å². The zero-order chi connectivity index (χ0) is 11.5. The largest absolute Gasteiger partial charge is 0.313 e. The van der Waals surface area contributed by atoms with Gasteiger partial charge in [-0.1, -0.05) is 20.8 Å². The summed E-state index contributed by atoms with van der Waals surface area (Å²) in [7, 11) is -3.02. The lowest BCUT2D eigenvalue weighted by molar-refractivity contribution is 0.461. The summed E-state index contributed by atoms with van der Waals surface area (Å²) in [5.41, 5.74) is 0. The van der Waals surface area contributed by atoms with Gasteiger partial charge in [0.15, 0.2) is 0 Å². The minimum Gasteiger partial charge on any atom is -0.313 e. The van der Waals surface area contributed by atoms with Crippen molar-refractivity contribution < 1.29 is 8.42 Å². The van der Waals surface area contributed by atoms with Gasteiger partial charge < -0.3 is 5.32 Å². The first-order valence-electron chi connectivity index (χ1n) is 5.63. The first-order chi connectivity index (χ1) is 6.92. The van der Waals surface area contributed by atoms with Gasteiger partial charge in [-0.25, -0.2) is 12.7 Å². The van der Waals surface area contributed by atoms with Crippen molar-refractivity contribution in [3.05, 3.63) is 0 Å². The maximum absolute atomic E-state index is 11.8. The highest BCUT2D eigenvalue weighted by Crippen LogP contribution is 2.18. The first kappa shape index (κ1) is 12.9. The molecule has 15 heavy (non-hydrogen) atoms. The van der Waals surface area contributed by atoms with E-state index in [1.807, 2.05) is 13.8 Å². The molecule has 1 unspecified atom stereocenters. The molecule has 1 N–H and O–H groups in total. The van der Waals surface area contributed by atoms with Gasteiger partial charge in [0.1, 0.15) is 0 Å². The van der Waals surface area contributed by atoms with Crippen LogP contribution in [0.3, 0.4) is 0 Å². The number of sulfonamides is 1. The van der Waals surface area contributed by atoms with E-state index in [2.05, 4.69) is 12.2 Å². The number of hydrogen-bond donors (Lipinski definition) is 1. The van der Waals surface area contributed by atoms with Crippen molar-refractivity contribution in [1.29, 1.82) is 0 Å². The third-order valence-electron chi connectivity index (χ3n) is 2.69. The van der Waals surface area contributed by atoms with Crippen molar-refractivity contribution in [3.63, 3.8) is 0 Å². The number of nitrogens with zero attached hydrogens (tertiary/aromatic N) is 1. The molecule has 0 spiro atoms. The second kappa shape index (κ2) is 5.27. The Morgan fingerprint density at radius 1 is 1.47 bits per heavy atom. The highest BCUT2D eigenvalue weighted by Gasteiger charge is 2.28. The SMILES string of the molecule is CC1CCN(S(=O)(=O)CCNC(C)C)C1. The van der Waals surface area contributed by atoms with E-state index < -0.39 is 10.0 Å². The second-order valence-electron chi connectivity index (χ2n) is 4.68. The van der Waals surface area contributed by atoms with Crippen molar-refractivity contribution >= 4 is 10.0 Å². The molecule has 0 bridgehead atoms. The lowest BCUT2D eigenvalue weighted by Crippen LogP contribution is -2.36. The number of rotatable bonds is 5. The third kappa shape index (κ3) is 4.09. The van der Waals surface area contributed by atoms with Crippen molar-refractivity contribution in [3.8, 4) is 0 Å². The second-order valence-corrected chi connectivity index (χ2v) is 6.77. The molecule has 0 radical (unpaired) electrons. The summed E-state index contributed by atoms with van der Waals surface area (Å²) in [6.45, 7) is 8.08. The molecule has 4 nitrogen and oxygen atoms in total. The van der Waals surface area contributed by atoms with Gasteiger partial charge in [0, 0.05) is 25.7 Å². The normalized spacial score (nSPS) is 23.9. The summed E-state index contributed by atoms with van der Waals surface area (Å²) >= 11 is 0. The van der Waals surface area contributed by atoms with Crippen molar-refractivity contribution in [2.24, 2.45) is 5.92 Å². The molecule has 0 aromatic carbocycles. The maximum Gasteiger partial charge on any atom is 0.215 e. The van der Waals surface area contributed by atoms with Gasteiger partial charge in [-0.05, 0) is 12.3 Å². The van der Waals surface area contributed by atoms with Gasteiger partial charge in [-0.15, -0.1) is 0 Å². The number of nitrogens with one attached hydrogen (secondary N) is 1. The minimum atomic E-state index is -3.02. The standard InChI is InChI=1S/C10H22N2O2S/c1-9(2)11-5-7-15(13,14)12-6-4-10(3)8-12/h9-11H,4-8H2,1-3H3. The average Bonchev–Trinajstić information content (AvgIpc) is 2.51. The quantitative estimate of drug-likeness (QED) is 0.760. The monoisotopic (exact) mass is 234 g/mol. The fourth-order valence-corrected chi connectivity index (χ4v) is 3.25. The molecule has 1 heterocycles. The van der Waals surface area contributed by atoms with E-state index in [1.165, 1.54) is 0 Å². The summed E-state index contributed by atoms with van der Waals surface area (Å²) in [6.07, 6.45) is 0.997. The van der Waals surface area contributed by atoms with Gasteiger partial charge in [0.2, 0.25) is 10.0 Å². The van der Waals surface area contributed by atoms with Crippen LogP contribution in [0.2, 0.25) is 0 Å². The molecule has 0 saturated carbocycles. The van der Waals surface area contributed by atoms with Crippen molar-refractivity contribution in [1.82, 2.24) is 9.62 Å². The molecule has 1 fully saturated rings. The zero-order valence-corrected chi connectivity index (χ0v) is 10.7. The van der Waals surface area contributed by atoms with E-state index in [0.717, 1.165) is 6.42 Å². The smallest absolute Gasteiger partial charge is 0.215 e. The van der Waals surface area contributed by atoms with E-state index in [0.29, 0.717) is 31.6 Å². The van der Waals surface area contributed by atoms with Crippen LogP contribution in [0.15, 0.2) is 0 Å². The average molecular weight is 234 g/mol. The molecule has 1 aliphatic rings. The highest BCUT2D eigenvalue weighted by molar-refractivity contribution is 7.89. The van der Waals surface area contributed by atoms with Gasteiger partial charge in [0.05, 0.1) is 5.75 Å². The molecule has 0 aliphatic carbocycles. The fourth-order valence-electron chi connectivity index (χ4n) is 1.75. The van der Waals surface area contributed by atoms with Crippen LogP contribution >= 0.6 is 0 Å². The Morgan fingerprint density at radius 2 is 2.13 bits per heavy atom. The summed E-state index contributed by atoms with van der Waals surface area (Å²) < 4.78 is 25.3. The van der Waals surface area contributed by atoms with Crippen LogP contribution in [0.1, 0.15) is 27.2 Å². The summed E-state index contributed by atoms with van der Waals surface area (Å²) in [4.78, 5) is 0. The molecule has 1 rings (SSSR count). The Kier molecular flexibility index (Phi) is 4.55. The highest BCUT2D eigenvalue weighted by atomic mass is 32.2. The van der Waals surface area contributed by atoms with Crippen LogP contribution in [0, 0.1) is 5.92 Å². The van der Waals surface area contributed by atoms with E-state index in [1.54, 1.807) is 4.31 Å². The fraction of sp³-hybridized carbons (Fsp3) is 1.00. The van der Waals surface area contributed by atoms with Crippen LogP contribution in [0.25, 0.3) is 0 Å². The third-order valence-corrected chi connectivity index (χ3v) is 4.53. The molecular weight excluding hydrogens is 212 g/mol. The molecule has 90 valence electrons. The Hall–Kier alpha value is -0.130. The molecule has 1 saturated heterocycles. The molecular formula is C10H22N2O2S. The predicted molar refractivity (Wildman–Crippen MR) is 62.3 cm³/mol. The van der Waals surface area contributed by atoms with Crippen LogP contribution in [0.4, 0.5) is 0 Å². The molecule has 0 aromatic rings. The molecule has 1 atom stereocenters. The Labute approximate surface area is 93.1 Å². The molecule has 0 aromatic heterocycles. The minimum absolute atomic E-state index is 0.220. The van der Waals surface area contributed by atoms with Crippen LogP contribution < -0.4 is 5.32 Å². The van der Waals surface area contributed by atoms with E-state index in [9.17, 15) is 8.42 Å². The van der Waals surface area contributed by atoms with E-state index in [4.69, 9.17) is 0 Å². The molecule has 1 aliphatic heterocycles. The summed E-state index contributed by atoms with van der Waals surface area (Å²) in [6, 6.07) is 0.345. The summed E-state index contributed by atoms with van der Waals surface area (Å²) in [5.74, 6) is 0.732. The van der Waals surface area contributed by atoms with Gasteiger partial charge in [-0.3, -0.25) is 0 Å². The van der Waals surface area contributed by atoms with Crippen molar-refractivity contribution in [2.45, 2.75) is 33.2 Å². The Bertz CT molecular complexity index is 288. The Balaban J connectivity index is 2.38. The molecule has 5 heteroatoms. The van der Waals surface area contributed by atoms with Crippen LogP contribution in [-0.4, -0.2) is 44.2 Å². The summed E-state index contributed by atoms with van der Waals surface area (Å²) in [5, 5.41) is 3.13. The predicted octanol–water partition coefficient (Wildman–Crippen LogP) is 0.656. The lowest BCUT2D eigenvalue weighted by Gasteiger charge is -2.16. The maximum atomic E-state index is 11.8. The van der Waals surface area contributed by atoms with Crippen molar-refractivity contribution in [2.75, 3.05) is 25.4 Å². The van der Waals surface area contributed by atoms with Gasteiger partial charge in [-0.2, -0.15) is 0 Å². The Morgan fingerprint density at radius 3 is 2.60 bits per heavy atom. The lowest BCUT2D eigenvalue weighted by atomic mass is 10.2. The molecule has 0 amide bonds.